The van der Waals surface area contributed by atoms with Crippen molar-refractivity contribution < 1.29 is 9.53 Å². The highest BCUT2D eigenvalue weighted by Crippen LogP contribution is 2.28. The number of piperidine rings is 1. The first-order valence-corrected chi connectivity index (χ1v) is 11.5. The number of aliphatic imine (C=N–C) groups is 1. The summed E-state index contributed by atoms with van der Waals surface area (Å²) in [6, 6.07) is 10.4. The third-order valence-corrected chi connectivity index (χ3v) is 6.39. The molecule has 1 amide bonds. The number of halogens is 1. The second kappa shape index (κ2) is 12.9. The molecule has 1 saturated heterocycles. The van der Waals surface area contributed by atoms with E-state index in [0.29, 0.717) is 18.9 Å². The van der Waals surface area contributed by atoms with Gasteiger partial charge in [-0.15, -0.1) is 35.3 Å². The normalized spacial score (nSPS) is 14.7. The third kappa shape index (κ3) is 7.38. The number of thiophene rings is 1. The summed E-state index contributed by atoms with van der Waals surface area (Å²) in [5, 5.41) is 8.34. The number of hydrogen-bond donors (Lipinski definition) is 2. The van der Waals surface area contributed by atoms with Crippen LogP contribution >= 0.6 is 35.3 Å². The first kappa shape index (κ1) is 25.5. The number of likely N-dealkylation sites (tertiary alicyclic amines) is 1. The van der Waals surface area contributed by atoms with E-state index in [2.05, 4.69) is 46.0 Å². The second-order valence-electron chi connectivity index (χ2n) is 7.51. The molecule has 8 heteroatoms. The fourth-order valence-electron chi connectivity index (χ4n) is 3.69. The van der Waals surface area contributed by atoms with Gasteiger partial charge in [0.15, 0.2) is 5.96 Å². The molecule has 1 aliphatic rings. The van der Waals surface area contributed by atoms with E-state index in [4.69, 9.17) is 9.73 Å². The summed E-state index contributed by atoms with van der Waals surface area (Å²) in [6.07, 6.45) is 2.68. The highest BCUT2D eigenvalue weighted by Gasteiger charge is 2.23. The molecule has 0 saturated carbocycles. The molecule has 0 aliphatic carbocycles. The van der Waals surface area contributed by atoms with Crippen molar-refractivity contribution in [3.05, 3.63) is 40.6 Å². The van der Waals surface area contributed by atoms with Crippen LogP contribution in [0.15, 0.2) is 40.7 Å². The Bertz CT molecular complexity index is 846. The number of guanidine groups is 1. The van der Waals surface area contributed by atoms with E-state index in [1.165, 1.54) is 16.0 Å². The molecule has 2 heterocycles. The Morgan fingerprint density at radius 2 is 1.94 bits per heavy atom. The van der Waals surface area contributed by atoms with Crippen LogP contribution in [-0.4, -0.2) is 50.6 Å². The number of rotatable bonds is 7. The minimum Gasteiger partial charge on any atom is -0.497 e. The van der Waals surface area contributed by atoms with E-state index in [1.54, 1.807) is 25.5 Å². The van der Waals surface area contributed by atoms with Gasteiger partial charge in [-0.05, 0) is 60.4 Å². The lowest BCUT2D eigenvalue weighted by atomic mass is 9.93. The number of carbonyl (C=O) groups is 1. The Balaban J connectivity index is 0.00000341. The fraction of sp³-hybridized carbons (Fsp3) is 0.478. The molecular formula is C23H33IN4O2S. The molecule has 170 valence electrons. The van der Waals surface area contributed by atoms with Gasteiger partial charge < -0.3 is 20.3 Å². The third-order valence-electron chi connectivity index (χ3n) is 5.46. The van der Waals surface area contributed by atoms with Crippen LogP contribution in [0.25, 0.3) is 11.1 Å². The van der Waals surface area contributed by atoms with Crippen LogP contribution in [-0.2, 0) is 11.3 Å². The molecule has 0 atom stereocenters. The molecular weight excluding hydrogens is 523 g/mol. The van der Waals surface area contributed by atoms with Crippen molar-refractivity contribution in [2.75, 3.05) is 33.8 Å². The Morgan fingerprint density at radius 3 is 2.55 bits per heavy atom. The molecule has 0 radical (unpaired) electrons. The highest BCUT2D eigenvalue weighted by atomic mass is 127. The summed E-state index contributed by atoms with van der Waals surface area (Å²) in [7, 11) is 3.39. The predicted molar refractivity (Wildman–Crippen MR) is 140 cm³/mol. The van der Waals surface area contributed by atoms with Crippen molar-refractivity contribution >= 4 is 47.2 Å². The molecule has 2 aromatic rings. The minimum absolute atomic E-state index is 0. The van der Waals surface area contributed by atoms with Crippen molar-refractivity contribution in [1.29, 1.82) is 0 Å². The van der Waals surface area contributed by atoms with Gasteiger partial charge in [0, 0.05) is 38.0 Å². The average molecular weight is 557 g/mol. The van der Waals surface area contributed by atoms with Crippen molar-refractivity contribution in [3.63, 3.8) is 0 Å². The zero-order valence-corrected chi connectivity index (χ0v) is 21.7. The van der Waals surface area contributed by atoms with Crippen LogP contribution in [0.5, 0.6) is 5.75 Å². The largest absolute Gasteiger partial charge is 0.497 e. The maximum absolute atomic E-state index is 11.6. The fourth-order valence-corrected chi connectivity index (χ4v) is 4.51. The Kier molecular flexibility index (Phi) is 10.6. The van der Waals surface area contributed by atoms with E-state index in [1.807, 2.05) is 12.1 Å². The zero-order valence-electron chi connectivity index (χ0n) is 18.5. The number of carbonyl (C=O) groups excluding carboxylic acids is 1. The summed E-state index contributed by atoms with van der Waals surface area (Å²) in [6.45, 7) is 5.49. The summed E-state index contributed by atoms with van der Waals surface area (Å²) in [5.74, 6) is 2.44. The molecule has 6 nitrogen and oxygen atoms in total. The number of methoxy groups -OCH3 is 1. The van der Waals surface area contributed by atoms with E-state index in [0.717, 1.165) is 44.2 Å². The summed E-state index contributed by atoms with van der Waals surface area (Å²) < 4.78 is 5.24. The maximum Gasteiger partial charge on any atom is 0.220 e. The number of amides is 1. The van der Waals surface area contributed by atoms with Crippen LogP contribution in [0.2, 0.25) is 0 Å². The van der Waals surface area contributed by atoms with Crippen LogP contribution in [0.4, 0.5) is 0 Å². The number of nitrogens with zero attached hydrogens (tertiary/aromatic N) is 2. The summed E-state index contributed by atoms with van der Waals surface area (Å²) in [4.78, 5) is 20.1. The van der Waals surface area contributed by atoms with Crippen molar-refractivity contribution in [2.24, 2.45) is 10.9 Å². The first-order valence-electron chi connectivity index (χ1n) is 10.6. The van der Waals surface area contributed by atoms with Gasteiger partial charge in [-0.25, -0.2) is 4.99 Å². The quantitative estimate of drug-likeness (QED) is 0.303. The zero-order chi connectivity index (χ0) is 21.3. The average Bonchev–Trinajstić information content (AvgIpc) is 3.26. The number of nitrogens with one attached hydrogen (secondary N) is 2. The second-order valence-corrected chi connectivity index (χ2v) is 8.50. The summed E-state index contributed by atoms with van der Waals surface area (Å²) >= 11 is 1.74. The van der Waals surface area contributed by atoms with Gasteiger partial charge in [0.05, 0.1) is 13.7 Å². The van der Waals surface area contributed by atoms with Crippen molar-refractivity contribution in [3.8, 4) is 16.9 Å². The number of ether oxygens (including phenoxy) is 1. The maximum atomic E-state index is 11.6. The van der Waals surface area contributed by atoms with Gasteiger partial charge in [0.2, 0.25) is 5.91 Å². The van der Waals surface area contributed by atoms with Crippen LogP contribution in [0.1, 0.15) is 31.1 Å². The lowest BCUT2D eigenvalue weighted by Crippen LogP contribution is -2.46. The molecule has 31 heavy (non-hydrogen) atoms. The van der Waals surface area contributed by atoms with Gasteiger partial charge in [-0.1, -0.05) is 12.1 Å². The van der Waals surface area contributed by atoms with E-state index in [9.17, 15) is 4.79 Å². The van der Waals surface area contributed by atoms with Gasteiger partial charge >= 0.3 is 0 Å². The van der Waals surface area contributed by atoms with Gasteiger partial charge in [0.1, 0.15) is 5.75 Å². The molecule has 1 aromatic carbocycles. The first-order chi connectivity index (χ1) is 14.6. The SMILES string of the molecule is CCNC(=NCc1cc(-c2ccc(OC)cc2)cs1)N1CCC(CC(=O)NC)CC1.I. The topological polar surface area (TPSA) is 66.0 Å². The molecule has 0 spiro atoms. The standard InChI is InChI=1S/C23H32N4O2S.HI/c1-4-25-23(27-11-9-17(10-12-27)13-22(28)24-2)26-15-21-14-19(16-30-21)18-5-7-20(29-3)8-6-18;/h5-8,14,16-17H,4,9-13,15H2,1-3H3,(H,24,28)(H,25,26);1H. The summed E-state index contributed by atoms with van der Waals surface area (Å²) in [5.41, 5.74) is 2.40. The molecule has 2 N–H and O–H groups in total. The van der Waals surface area contributed by atoms with Crippen LogP contribution < -0.4 is 15.4 Å². The van der Waals surface area contributed by atoms with Crippen LogP contribution in [0.3, 0.4) is 0 Å². The molecule has 0 unspecified atom stereocenters. The van der Waals surface area contributed by atoms with E-state index in [-0.39, 0.29) is 29.9 Å². The van der Waals surface area contributed by atoms with Crippen molar-refractivity contribution in [1.82, 2.24) is 15.5 Å². The van der Waals surface area contributed by atoms with Gasteiger partial charge in [-0.2, -0.15) is 0 Å². The molecule has 3 rings (SSSR count). The molecule has 1 aromatic heterocycles. The lowest BCUT2D eigenvalue weighted by molar-refractivity contribution is -0.121. The van der Waals surface area contributed by atoms with Gasteiger partial charge in [0.25, 0.3) is 0 Å². The highest BCUT2D eigenvalue weighted by molar-refractivity contribution is 14.0. The molecule has 1 aliphatic heterocycles. The van der Waals surface area contributed by atoms with Gasteiger partial charge in [-0.3, -0.25) is 4.79 Å². The smallest absolute Gasteiger partial charge is 0.220 e. The molecule has 1 fully saturated rings. The Labute approximate surface area is 206 Å². The van der Waals surface area contributed by atoms with Crippen LogP contribution in [0, 0.1) is 5.92 Å². The Morgan fingerprint density at radius 1 is 1.23 bits per heavy atom. The monoisotopic (exact) mass is 556 g/mol. The predicted octanol–water partition coefficient (Wildman–Crippen LogP) is 4.36. The van der Waals surface area contributed by atoms with E-state index >= 15 is 0 Å². The molecule has 0 bridgehead atoms. The van der Waals surface area contributed by atoms with Crippen molar-refractivity contribution in [2.45, 2.75) is 32.7 Å². The lowest BCUT2D eigenvalue weighted by Gasteiger charge is -2.34. The number of hydrogen-bond acceptors (Lipinski definition) is 4. The Hall–Kier alpha value is -1.81. The minimum atomic E-state index is 0. The number of benzene rings is 1. The van der Waals surface area contributed by atoms with E-state index < -0.39 is 0 Å².